The van der Waals surface area contributed by atoms with Crippen LogP contribution >= 0.6 is 11.6 Å². The van der Waals surface area contributed by atoms with Crippen LogP contribution in [-0.4, -0.2) is 12.5 Å². The molecular weight excluding hydrogens is 595 g/mol. The number of rotatable bonds is 20. The monoisotopic (exact) mass is 642 g/mol. The highest BCUT2D eigenvalue weighted by Gasteiger charge is 2.14. The first kappa shape index (κ1) is 33.7. The molecule has 4 nitrogen and oxygen atoms in total. The van der Waals surface area contributed by atoms with Crippen molar-refractivity contribution >= 4 is 17.5 Å². The summed E-state index contributed by atoms with van der Waals surface area (Å²) in [7, 11) is 0. The third kappa shape index (κ3) is 14.4. The minimum Gasteiger partial charge on any atom is -1.00 e. The van der Waals surface area contributed by atoms with E-state index in [0.717, 1.165) is 30.6 Å². The predicted molar refractivity (Wildman–Crippen MR) is 151 cm³/mol. The van der Waals surface area contributed by atoms with Gasteiger partial charge in [-0.1, -0.05) is 114 Å². The number of aryl methyl sites for hydroxylation is 1. The summed E-state index contributed by atoms with van der Waals surface area (Å²) >= 11 is 6.58. The van der Waals surface area contributed by atoms with E-state index in [4.69, 9.17) is 16.3 Å². The fraction of sp³-hybridized carbons (Fsp3) is 0.613. The topological polar surface area (TPSA) is 42.2 Å². The Morgan fingerprint density at radius 1 is 0.838 bits per heavy atom. The van der Waals surface area contributed by atoms with Crippen molar-refractivity contribution in [2.45, 2.75) is 117 Å². The Labute approximate surface area is 247 Å². The van der Waals surface area contributed by atoms with Crippen LogP contribution in [0.15, 0.2) is 42.6 Å². The quantitative estimate of drug-likeness (QED) is 0.126. The summed E-state index contributed by atoms with van der Waals surface area (Å²) in [6.07, 6.45) is 19.2. The minimum absolute atomic E-state index is 0. The lowest BCUT2D eigenvalue weighted by Gasteiger charge is -2.12. The maximum absolute atomic E-state index is 12.6. The van der Waals surface area contributed by atoms with E-state index in [-0.39, 0.29) is 36.3 Å². The first-order chi connectivity index (χ1) is 17.7. The average Bonchev–Trinajstić information content (AvgIpc) is 2.88. The highest BCUT2D eigenvalue weighted by molar-refractivity contribution is 6.33. The number of nitrogens with one attached hydrogen (secondary N) is 1. The van der Waals surface area contributed by atoms with E-state index in [1.807, 2.05) is 36.4 Å². The fourth-order valence-corrected chi connectivity index (χ4v) is 4.73. The number of aromatic nitrogens is 1. The maximum Gasteiger partial charge on any atom is 0.224 e. The molecule has 0 spiro atoms. The van der Waals surface area contributed by atoms with Gasteiger partial charge >= 0.3 is 0 Å². The summed E-state index contributed by atoms with van der Waals surface area (Å²) in [6.45, 7) is 6.53. The lowest BCUT2D eigenvalue weighted by Crippen LogP contribution is -3.00. The second-order valence-corrected chi connectivity index (χ2v) is 10.2. The summed E-state index contributed by atoms with van der Waals surface area (Å²) < 4.78 is 8.13. The van der Waals surface area contributed by atoms with Gasteiger partial charge in [-0.25, -0.2) is 4.57 Å². The lowest BCUT2D eigenvalue weighted by atomic mass is 10.1. The van der Waals surface area contributed by atoms with Gasteiger partial charge in [0, 0.05) is 18.6 Å². The van der Waals surface area contributed by atoms with E-state index in [2.05, 4.69) is 29.9 Å². The Balaban J connectivity index is 0.00000684. The Morgan fingerprint density at radius 3 is 2.14 bits per heavy atom. The molecule has 1 aromatic carbocycles. The molecule has 1 heterocycles. The molecule has 0 unspecified atom stereocenters. The maximum atomic E-state index is 12.6. The molecule has 1 N–H and O–H groups in total. The standard InChI is InChI=1S/C31H47ClN2O2.HI/c1-3-5-6-7-8-9-10-11-12-13-14-17-24-36-29-21-18-19-27(31(29)32)25-30(35)33-26-28-20-15-16-23-34(28)22-4-2;/h15-16,18-21,23H,3-14,17,22,24-26H2,1-2H3;1H. The third-order valence-corrected chi connectivity index (χ3v) is 7.04. The number of nitrogens with zero attached hydrogens (tertiary/aromatic N) is 1. The number of carbonyl (C=O) groups excluding carboxylic acids is 1. The molecule has 6 heteroatoms. The summed E-state index contributed by atoms with van der Waals surface area (Å²) in [5.74, 6) is 0.635. The van der Waals surface area contributed by atoms with Crippen LogP contribution in [0.1, 0.15) is 109 Å². The van der Waals surface area contributed by atoms with E-state index in [1.165, 1.54) is 70.6 Å². The van der Waals surface area contributed by atoms with Gasteiger partial charge in [0.25, 0.3) is 0 Å². The van der Waals surface area contributed by atoms with Crippen LogP contribution in [0.25, 0.3) is 0 Å². The molecule has 0 aliphatic carbocycles. The Bertz CT molecular complexity index is 878. The van der Waals surface area contributed by atoms with Gasteiger partial charge in [0.1, 0.15) is 18.8 Å². The highest BCUT2D eigenvalue weighted by atomic mass is 127. The lowest BCUT2D eigenvalue weighted by molar-refractivity contribution is -0.704. The van der Waals surface area contributed by atoms with Crippen molar-refractivity contribution in [2.75, 3.05) is 6.61 Å². The molecular formula is C31H48ClIN2O2. The zero-order chi connectivity index (χ0) is 25.8. The minimum atomic E-state index is -0.0399. The molecule has 2 aromatic rings. The normalized spacial score (nSPS) is 10.7. The second-order valence-electron chi connectivity index (χ2n) is 9.81. The van der Waals surface area contributed by atoms with E-state index >= 15 is 0 Å². The third-order valence-electron chi connectivity index (χ3n) is 6.62. The number of hydrogen-bond acceptors (Lipinski definition) is 2. The van der Waals surface area contributed by atoms with Crippen LogP contribution in [0.4, 0.5) is 0 Å². The number of pyridine rings is 1. The van der Waals surface area contributed by atoms with E-state index < -0.39 is 0 Å². The van der Waals surface area contributed by atoms with E-state index in [0.29, 0.717) is 23.9 Å². The number of amides is 1. The number of unbranched alkanes of at least 4 members (excludes halogenated alkanes) is 11. The van der Waals surface area contributed by atoms with Gasteiger partial charge in [-0.3, -0.25) is 4.79 Å². The molecule has 1 amide bonds. The zero-order valence-electron chi connectivity index (χ0n) is 23.1. The SMILES string of the molecule is CCCCCCCCCCCCCCOc1cccc(CC(=O)NCc2cccc[n+]2CCC)c1Cl.[I-]. The summed E-state index contributed by atoms with van der Waals surface area (Å²) in [5, 5.41) is 3.58. The molecule has 0 saturated heterocycles. The number of benzene rings is 1. The summed E-state index contributed by atoms with van der Waals surface area (Å²) in [5.41, 5.74) is 1.90. The van der Waals surface area contributed by atoms with Gasteiger partial charge in [-0.2, -0.15) is 0 Å². The predicted octanol–water partition coefficient (Wildman–Crippen LogP) is 4.98. The van der Waals surface area contributed by atoms with Crippen molar-refractivity contribution in [3.8, 4) is 5.75 Å². The number of hydrogen-bond donors (Lipinski definition) is 1. The van der Waals surface area contributed by atoms with Crippen LogP contribution in [0.5, 0.6) is 5.75 Å². The van der Waals surface area contributed by atoms with E-state index in [1.54, 1.807) is 0 Å². The molecule has 37 heavy (non-hydrogen) atoms. The molecule has 0 bridgehead atoms. The second kappa shape index (κ2) is 21.6. The molecule has 0 saturated carbocycles. The van der Waals surface area contributed by atoms with Crippen molar-refractivity contribution in [3.05, 3.63) is 58.9 Å². The molecule has 0 aliphatic heterocycles. The van der Waals surface area contributed by atoms with Crippen molar-refractivity contribution in [1.82, 2.24) is 5.32 Å². The van der Waals surface area contributed by atoms with Crippen molar-refractivity contribution in [2.24, 2.45) is 0 Å². The molecule has 1 aromatic heterocycles. The molecule has 0 radical (unpaired) electrons. The van der Waals surface area contributed by atoms with Gasteiger partial charge in [-0.15, -0.1) is 0 Å². The van der Waals surface area contributed by atoms with Gasteiger partial charge < -0.3 is 34.0 Å². The summed E-state index contributed by atoms with van der Waals surface area (Å²) in [4.78, 5) is 12.6. The Kier molecular flexibility index (Phi) is 19.6. The van der Waals surface area contributed by atoms with Crippen molar-refractivity contribution < 1.29 is 38.1 Å². The largest absolute Gasteiger partial charge is 1.00 e. The van der Waals surface area contributed by atoms with Gasteiger partial charge in [0.15, 0.2) is 6.20 Å². The summed E-state index contributed by atoms with van der Waals surface area (Å²) in [6, 6.07) is 11.8. The molecule has 208 valence electrons. The first-order valence-corrected chi connectivity index (χ1v) is 14.7. The molecule has 0 fully saturated rings. The number of ether oxygens (including phenoxy) is 1. The molecule has 0 aliphatic rings. The fourth-order valence-electron chi connectivity index (χ4n) is 4.49. The highest BCUT2D eigenvalue weighted by Crippen LogP contribution is 2.28. The van der Waals surface area contributed by atoms with Crippen LogP contribution in [0.2, 0.25) is 5.02 Å². The molecule has 0 atom stereocenters. The van der Waals surface area contributed by atoms with E-state index in [9.17, 15) is 4.79 Å². The van der Waals surface area contributed by atoms with Crippen molar-refractivity contribution in [1.29, 1.82) is 0 Å². The van der Waals surface area contributed by atoms with Crippen LogP contribution in [-0.2, 0) is 24.3 Å². The number of halogens is 2. The number of carbonyl (C=O) groups is 1. The zero-order valence-corrected chi connectivity index (χ0v) is 26.0. The van der Waals surface area contributed by atoms with Gasteiger partial charge in [-0.05, 0) is 18.1 Å². The van der Waals surface area contributed by atoms with Gasteiger partial charge in [0.2, 0.25) is 11.6 Å². The Hall–Kier alpha value is -1.34. The van der Waals surface area contributed by atoms with Crippen LogP contribution in [0, 0.1) is 0 Å². The Morgan fingerprint density at radius 2 is 1.49 bits per heavy atom. The average molecular weight is 643 g/mol. The van der Waals surface area contributed by atoms with Gasteiger partial charge in [0.05, 0.1) is 18.1 Å². The smallest absolute Gasteiger partial charge is 0.224 e. The van der Waals surface area contributed by atoms with Crippen molar-refractivity contribution in [3.63, 3.8) is 0 Å². The molecule has 2 rings (SSSR count). The van der Waals surface area contributed by atoms with Crippen LogP contribution in [0.3, 0.4) is 0 Å². The van der Waals surface area contributed by atoms with Crippen LogP contribution < -0.4 is 38.6 Å². The first-order valence-electron chi connectivity index (χ1n) is 14.3.